The van der Waals surface area contributed by atoms with Crippen molar-refractivity contribution in [1.82, 2.24) is 10.2 Å². The number of rotatable bonds is 4. The van der Waals surface area contributed by atoms with Gasteiger partial charge in [0.05, 0.1) is 6.54 Å². The van der Waals surface area contributed by atoms with E-state index in [1.54, 1.807) is 0 Å². The molecule has 0 aromatic heterocycles. The maximum Gasteiger partial charge on any atom is 0.490 e. The Morgan fingerprint density at radius 2 is 1.79 bits per heavy atom. The number of alkyl halides is 3. The molecule has 1 fully saturated rings. The van der Waals surface area contributed by atoms with Crippen LogP contribution in [0.15, 0.2) is 48.5 Å². The second kappa shape index (κ2) is 10.9. The van der Waals surface area contributed by atoms with Crippen LogP contribution in [0.3, 0.4) is 0 Å². The highest BCUT2D eigenvalue weighted by Gasteiger charge is 2.38. The summed E-state index contributed by atoms with van der Waals surface area (Å²) in [6.45, 7) is 6.29. The van der Waals surface area contributed by atoms with E-state index in [-0.39, 0.29) is 5.91 Å². The van der Waals surface area contributed by atoms with Crippen molar-refractivity contribution in [2.75, 3.05) is 49.6 Å². The first-order chi connectivity index (χ1) is 16.1. The Balaban J connectivity index is 0.000000406. The molecule has 4 rings (SSSR count). The number of benzene rings is 2. The highest BCUT2D eigenvalue weighted by Crippen LogP contribution is 2.34. The Morgan fingerprint density at radius 3 is 2.41 bits per heavy atom. The fraction of sp³-hybridized carbons (Fsp3) is 0.417. The lowest BCUT2D eigenvalue weighted by molar-refractivity contribution is -0.192. The summed E-state index contributed by atoms with van der Waals surface area (Å²) in [6.07, 6.45) is -4.14. The third-order valence-corrected chi connectivity index (χ3v) is 5.85. The first-order valence-corrected chi connectivity index (χ1v) is 11.0. The minimum absolute atomic E-state index is 0.211. The second-order valence-corrected chi connectivity index (χ2v) is 8.40. The Morgan fingerprint density at radius 1 is 1.12 bits per heavy atom. The number of aliphatic carboxylic acids is 1. The van der Waals surface area contributed by atoms with Gasteiger partial charge in [-0.15, -0.1) is 0 Å². The molecule has 0 spiro atoms. The number of carbonyl (C=O) groups excluding carboxylic acids is 1. The van der Waals surface area contributed by atoms with E-state index in [0.29, 0.717) is 12.6 Å². The number of anilines is 3. The van der Waals surface area contributed by atoms with Crippen LogP contribution >= 0.6 is 0 Å². The van der Waals surface area contributed by atoms with E-state index in [2.05, 4.69) is 59.4 Å². The van der Waals surface area contributed by atoms with Crippen molar-refractivity contribution in [1.29, 1.82) is 0 Å². The average Bonchev–Trinajstić information content (AvgIpc) is 3.22. The van der Waals surface area contributed by atoms with Crippen LogP contribution in [0.2, 0.25) is 0 Å². The van der Waals surface area contributed by atoms with E-state index in [9.17, 15) is 18.0 Å². The molecule has 2 aliphatic rings. The summed E-state index contributed by atoms with van der Waals surface area (Å²) in [7, 11) is 2.07. The molecule has 2 aliphatic heterocycles. The number of hydrogen-bond donors (Lipinski definition) is 2. The van der Waals surface area contributed by atoms with E-state index in [1.807, 2.05) is 23.1 Å². The number of piperazine rings is 1. The quantitative estimate of drug-likeness (QED) is 0.703. The molecular weight excluding hydrogens is 449 g/mol. The smallest absolute Gasteiger partial charge is 0.475 e. The lowest BCUT2D eigenvalue weighted by atomic mass is 10.1. The fourth-order valence-corrected chi connectivity index (χ4v) is 4.07. The molecule has 2 heterocycles. The minimum Gasteiger partial charge on any atom is -0.475 e. The highest BCUT2D eigenvalue weighted by atomic mass is 19.4. The zero-order chi connectivity index (χ0) is 24.9. The van der Waals surface area contributed by atoms with Crippen LogP contribution in [0.4, 0.5) is 30.2 Å². The maximum absolute atomic E-state index is 13.0. The van der Waals surface area contributed by atoms with Gasteiger partial charge in [-0.1, -0.05) is 24.3 Å². The van der Waals surface area contributed by atoms with Crippen molar-refractivity contribution in [2.24, 2.45) is 0 Å². The van der Waals surface area contributed by atoms with Crippen molar-refractivity contribution in [3.8, 4) is 0 Å². The summed E-state index contributed by atoms with van der Waals surface area (Å²) >= 11 is 0. The molecule has 7 nitrogen and oxygen atoms in total. The molecule has 0 unspecified atom stereocenters. The Labute approximate surface area is 196 Å². The number of carboxylic acids is 1. The first kappa shape index (κ1) is 25.5. The summed E-state index contributed by atoms with van der Waals surface area (Å²) in [5.41, 5.74) is 4.59. The molecule has 0 saturated carbocycles. The number of carboxylic acid groups (broad SMARTS) is 1. The van der Waals surface area contributed by atoms with Crippen LogP contribution in [0, 0.1) is 0 Å². The first-order valence-electron chi connectivity index (χ1n) is 11.0. The normalized spacial score (nSPS) is 18.0. The molecule has 1 atom stereocenters. The van der Waals surface area contributed by atoms with Crippen LogP contribution in [-0.4, -0.2) is 73.9 Å². The second-order valence-electron chi connectivity index (χ2n) is 8.40. The standard InChI is InChI=1S/C22H28N4O.C2HF3O2/c1-17-15-25(13-11-23-17)16-22(27)26-12-10-18-8-9-20(14-21(18)26)24(2)19-6-4-3-5-7-19;3-2(4,5)1(6)7/h3-9,14,17,23H,10-13,15-16H2,1-2H3;(H,6,7)/t17-;/m1./s1. The average molecular weight is 479 g/mol. The van der Waals surface area contributed by atoms with Crippen molar-refractivity contribution in [2.45, 2.75) is 25.6 Å². The monoisotopic (exact) mass is 478 g/mol. The zero-order valence-electron chi connectivity index (χ0n) is 19.2. The number of nitrogens with one attached hydrogen (secondary N) is 1. The number of para-hydroxylation sites is 1. The Kier molecular flexibility index (Phi) is 8.16. The maximum atomic E-state index is 13.0. The highest BCUT2D eigenvalue weighted by molar-refractivity contribution is 5.97. The van der Waals surface area contributed by atoms with Crippen molar-refractivity contribution < 1.29 is 27.9 Å². The number of fused-ring (bicyclic) bond motifs is 1. The van der Waals surface area contributed by atoms with E-state index >= 15 is 0 Å². The predicted molar refractivity (Wildman–Crippen MR) is 125 cm³/mol. The molecule has 0 bridgehead atoms. The van der Waals surface area contributed by atoms with Crippen molar-refractivity contribution >= 4 is 28.9 Å². The van der Waals surface area contributed by atoms with Gasteiger partial charge in [0.1, 0.15) is 0 Å². The summed E-state index contributed by atoms with van der Waals surface area (Å²) in [4.78, 5) is 28.3. The minimum atomic E-state index is -5.08. The summed E-state index contributed by atoms with van der Waals surface area (Å²) in [5, 5.41) is 10.6. The summed E-state index contributed by atoms with van der Waals surface area (Å²) < 4.78 is 31.7. The topological polar surface area (TPSA) is 76.1 Å². The number of carbonyl (C=O) groups is 2. The lowest BCUT2D eigenvalue weighted by Gasteiger charge is -2.32. The van der Waals surface area contributed by atoms with Gasteiger partial charge in [-0.3, -0.25) is 9.69 Å². The number of nitrogens with zero attached hydrogens (tertiary/aromatic N) is 3. The Hall–Kier alpha value is -3.11. The zero-order valence-corrected chi connectivity index (χ0v) is 19.2. The SMILES string of the molecule is C[C@@H]1CN(CC(=O)N2CCc3ccc(N(C)c4ccccc4)cc32)CCN1.O=C(O)C(F)(F)F. The third kappa shape index (κ3) is 6.48. The van der Waals surface area contributed by atoms with Gasteiger partial charge in [-0.25, -0.2) is 4.79 Å². The van der Waals surface area contributed by atoms with E-state index < -0.39 is 12.1 Å². The van der Waals surface area contributed by atoms with Crippen molar-refractivity contribution in [3.63, 3.8) is 0 Å². The predicted octanol–water partition coefficient (Wildman–Crippen LogP) is 3.27. The van der Waals surface area contributed by atoms with Crippen LogP contribution in [-0.2, 0) is 16.0 Å². The molecule has 2 N–H and O–H groups in total. The van der Waals surface area contributed by atoms with Crippen LogP contribution < -0.4 is 15.1 Å². The third-order valence-electron chi connectivity index (χ3n) is 5.85. The van der Waals surface area contributed by atoms with Crippen LogP contribution in [0.1, 0.15) is 12.5 Å². The van der Waals surface area contributed by atoms with Gasteiger partial charge in [-0.05, 0) is 43.2 Å². The molecule has 184 valence electrons. The van der Waals surface area contributed by atoms with E-state index in [4.69, 9.17) is 9.90 Å². The van der Waals surface area contributed by atoms with Gasteiger partial charge < -0.3 is 20.2 Å². The van der Waals surface area contributed by atoms with Gasteiger partial charge in [0.2, 0.25) is 5.91 Å². The largest absolute Gasteiger partial charge is 0.490 e. The fourth-order valence-electron chi connectivity index (χ4n) is 4.07. The van der Waals surface area contributed by atoms with E-state index in [0.717, 1.165) is 49.7 Å². The molecule has 10 heteroatoms. The molecule has 34 heavy (non-hydrogen) atoms. The molecule has 2 aromatic carbocycles. The summed E-state index contributed by atoms with van der Waals surface area (Å²) in [6, 6.07) is 17.2. The van der Waals surface area contributed by atoms with Crippen molar-refractivity contribution in [3.05, 3.63) is 54.1 Å². The molecular formula is C24H29F3N4O3. The van der Waals surface area contributed by atoms with Gasteiger partial charge in [0, 0.05) is 56.3 Å². The number of amides is 1. The molecule has 0 aliphatic carbocycles. The van der Waals surface area contributed by atoms with Crippen LogP contribution in [0.25, 0.3) is 0 Å². The molecule has 1 saturated heterocycles. The van der Waals surface area contributed by atoms with Gasteiger partial charge in [0.25, 0.3) is 0 Å². The van der Waals surface area contributed by atoms with Gasteiger partial charge in [0.15, 0.2) is 0 Å². The molecule has 0 radical (unpaired) electrons. The lowest BCUT2D eigenvalue weighted by Crippen LogP contribution is -2.52. The van der Waals surface area contributed by atoms with Gasteiger partial charge in [-0.2, -0.15) is 13.2 Å². The van der Waals surface area contributed by atoms with E-state index in [1.165, 1.54) is 5.56 Å². The Bertz CT molecular complexity index is 1000. The molecule has 1 amide bonds. The molecule has 2 aromatic rings. The number of halogens is 3. The summed E-state index contributed by atoms with van der Waals surface area (Å²) in [5.74, 6) is -2.55. The van der Waals surface area contributed by atoms with Gasteiger partial charge >= 0.3 is 12.1 Å². The number of hydrogen-bond acceptors (Lipinski definition) is 5. The van der Waals surface area contributed by atoms with Crippen LogP contribution in [0.5, 0.6) is 0 Å².